The number of thioether (sulfide) groups is 2. The average molecular weight is 234 g/mol. The van der Waals surface area contributed by atoms with E-state index in [2.05, 4.69) is 0 Å². The molecule has 3 nitrogen and oxygen atoms in total. The molecule has 0 aromatic carbocycles. The Hall–Kier alpha value is 0.290. The van der Waals surface area contributed by atoms with E-state index >= 15 is 0 Å². The number of rotatable bonds is 0. The van der Waals surface area contributed by atoms with Crippen molar-refractivity contribution in [2.75, 3.05) is 11.5 Å². The third-order valence-corrected chi connectivity index (χ3v) is 6.22. The van der Waals surface area contributed by atoms with Crippen LogP contribution in [0.5, 0.6) is 0 Å². The largest absolute Gasteiger partial charge is 0.390 e. The summed E-state index contributed by atoms with van der Waals surface area (Å²) in [6.45, 7) is 0. The minimum Gasteiger partial charge on any atom is -0.390 e. The number of hydrogen-bond donors (Lipinski definition) is 2. The van der Waals surface area contributed by atoms with Gasteiger partial charge in [-0.25, -0.2) is 0 Å². The predicted octanol–water partition coefficient (Wildman–Crippen LogP) is 0.637. The molecule has 1 saturated carbocycles. The van der Waals surface area contributed by atoms with Crippen LogP contribution in [0.2, 0.25) is 0 Å². The van der Waals surface area contributed by atoms with Crippen molar-refractivity contribution in [3.8, 4) is 0 Å². The molecule has 5 heteroatoms. The molecule has 1 aliphatic carbocycles. The Labute approximate surface area is 91.6 Å². The lowest BCUT2D eigenvalue weighted by molar-refractivity contribution is -0.128. The number of ketones is 1. The monoisotopic (exact) mass is 234 g/mol. The molecule has 1 saturated heterocycles. The van der Waals surface area contributed by atoms with E-state index in [9.17, 15) is 15.0 Å². The average Bonchev–Trinajstić information content (AvgIpc) is 2.23. The zero-order chi connectivity index (χ0) is 10.2. The number of aliphatic hydroxyl groups excluding tert-OH is 2. The van der Waals surface area contributed by atoms with Crippen molar-refractivity contribution in [2.45, 2.75) is 35.5 Å². The Morgan fingerprint density at radius 3 is 2.57 bits per heavy atom. The normalized spacial score (nSPS) is 37.4. The van der Waals surface area contributed by atoms with E-state index in [1.165, 1.54) is 23.5 Å². The van der Waals surface area contributed by atoms with Gasteiger partial charge in [-0.15, -0.1) is 23.5 Å². The fourth-order valence-electron chi connectivity index (χ4n) is 1.91. The number of Topliss-reactive ketones (excluding diaryl/α,β-unsaturated/α-hetero) is 1. The zero-order valence-electron chi connectivity index (χ0n) is 7.81. The Bertz CT molecular complexity index is 238. The third-order valence-electron chi connectivity index (χ3n) is 2.73. The van der Waals surface area contributed by atoms with E-state index in [0.29, 0.717) is 12.8 Å². The summed E-state index contributed by atoms with van der Waals surface area (Å²) in [7, 11) is 0. The molecule has 0 bridgehead atoms. The molecular weight excluding hydrogens is 220 g/mol. The van der Waals surface area contributed by atoms with Crippen LogP contribution in [-0.4, -0.2) is 43.8 Å². The highest BCUT2D eigenvalue weighted by atomic mass is 32.2. The van der Waals surface area contributed by atoms with Crippen molar-refractivity contribution in [2.24, 2.45) is 0 Å². The molecule has 0 aromatic heterocycles. The van der Waals surface area contributed by atoms with Crippen LogP contribution in [0, 0.1) is 0 Å². The molecule has 0 amide bonds. The van der Waals surface area contributed by atoms with Gasteiger partial charge in [-0.1, -0.05) is 0 Å². The van der Waals surface area contributed by atoms with Gasteiger partial charge in [0.05, 0.1) is 6.10 Å². The SMILES string of the molecule is O=C1CC[C@@H](O)[C@@H](O)C12SCCCS2. The minimum absolute atomic E-state index is 0.102. The van der Waals surface area contributed by atoms with Gasteiger partial charge in [-0.05, 0) is 24.3 Å². The van der Waals surface area contributed by atoms with E-state index < -0.39 is 16.3 Å². The van der Waals surface area contributed by atoms with Gasteiger partial charge in [-0.2, -0.15) is 0 Å². The lowest BCUT2D eigenvalue weighted by Crippen LogP contribution is -2.55. The molecule has 1 heterocycles. The molecule has 2 atom stereocenters. The first kappa shape index (κ1) is 10.8. The summed E-state index contributed by atoms with van der Waals surface area (Å²) in [6, 6.07) is 0. The smallest absolute Gasteiger partial charge is 0.161 e. The summed E-state index contributed by atoms with van der Waals surface area (Å²) in [6.07, 6.45) is 0.263. The van der Waals surface area contributed by atoms with Crippen LogP contribution in [0.1, 0.15) is 19.3 Å². The fraction of sp³-hybridized carbons (Fsp3) is 0.889. The highest BCUT2D eigenvalue weighted by Crippen LogP contribution is 2.49. The van der Waals surface area contributed by atoms with Gasteiger partial charge in [0.2, 0.25) is 0 Å². The first-order valence-electron chi connectivity index (χ1n) is 4.84. The van der Waals surface area contributed by atoms with Gasteiger partial charge >= 0.3 is 0 Å². The fourth-order valence-corrected chi connectivity index (χ4v) is 5.29. The Kier molecular flexibility index (Phi) is 3.12. The summed E-state index contributed by atoms with van der Waals surface area (Å²) >= 11 is 3.02. The maximum Gasteiger partial charge on any atom is 0.161 e. The summed E-state index contributed by atoms with van der Waals surface area (Å²) in [5.41, 5.74) is 0. The molecule has 2 N–H and O–H groups in total. The predicted molar refractivity (Wildman–Crippen MR) is 58.5 cm³/mol. The first-order valence-corrected chi connectivity index (χ1v) is 6.81. The quantitative estimate of drug-likeness (QED) is 0.644. The van der Waals surface area contributed by atoms with Crippen molar-refractivity contribution in [1.82, 2.24) is 0 Å². The van der Waals surface area contributed by atoms with E-state index in [4.69, 9.17) is 0 Å². The van der Waals surface area contributed by atoms with Crippen molar-refractivity contribution in [3.05, 3.63) is 0 Å². The standard InChI is InChI=1S/C9H14O3S2/c10-6-2-3-7(11)9(8(6)12)13-4-1-5-14-9/h6,8,10,12H,1-5H2/t6-,8-/m1/s1. The van der Waals surface area contributed by atoms with Gasteiger partial charge in [0.15, 0.2) is 5.78 Å². The number of aliphatic hydroxyl groups is 2. The van der Waals surface area contributed by atoms with E-state index in [0.717, 1.165) is 17.9 Å². The number of hydrogen-bond acceptors (Lipinski definition) is 5. The van der Waals surface area contributed by atoms with Gasteiger partial charge in [0.1, 0.15) is 10.2 Å². The van der Waals surface area contributed by atoms with Crippen molar-refractivity contribution >= 4 is 29.3 Å². The number of carbonyl (C=O) groups excluding carboxylic acids is 1. The Morgan fingerprint density at radius 2 is 1.93 bits per heavy atom. The van der Waals surface area contributed by atoms with Crippen molar-refractivity contribution < 1.29 is 15.0 Å². The van der Waals surface area contributed by atoms with Crippen LogP contribution < -0.4 is 0 Å². The third kappa shape index (κ3) is 1.60. The van der Waals surface area contributed by atoms with Crippen molar-refractivity contribution in [1.29, 1.82) is 0 Å². The molecule has 0 aromatic rings. The number of carbonyl (C=O) groups is 1. The lowest BCUT2D eigenvalue weighted by atomic mass is 9.92. The highest BCUT2D eigenvalue weighted by Gasteiger charge is 2.52. The summed E-state index contributed by atoms with van der Waals surface area (Å²) in [5.74, 6) is 1.91. The van der Waals surface area contributed by atoms with Crippen LogP contribution in [0.25, 0.3) is 0 Å². The van der Waals surface area contributed by atoms with Gasteiger partial charge in [0.25, 0.3) is 0 Å². The molecule has 0 unspecified atom stereocenters. The molecule has 1 aliphatic heterocycles. The Balaban J connectivity index is 2.22. The second-order valence-corrected chi connectivity index (χ2v) is 6.63. The van der Waals surface area contributed by atoms with Crippen molar-refractivity contribution in [3.63, 3.8) is 0 Å². The van der Waals surface area contributed by atoms with E-state index in [1.54, 1.807) is 0 Å². The van der Waals surface area contributed by atoms with E-state index in [-0.39, 0.29) is 5.78 Å². The lowest BCUT2D eigenvalue weighted by Gasteiger charge is -2.43. The molecule has 0 radical (unpaired) electrons. The molecule has 1 spiro atoms. The van der Waals surface area contributed by atoms with Crippen LogP contribution in [-0.2, 0) is 4.79 Å². The zero-order valence-corrected chi connectivity index (χ0v) is 9.44. The topological polar surface area (TPSA) is 57.5 Å². The summed E-state index contributed by atoms with van der Waals surface area (Å²) in [5, 5.41) is 19.5. The summed E-state index contributed by atoms with van der Waals surface area (Å²) in [4.78, 5) is 11.8. The molecule has 80 valence electrons. The molecular formula is C9H14O3S2. The summed E-state index contributed by atoms with van der Waals surface area (Å²) < 4.78 is -0.754. The van der Waals surface area contributed by atoms with Crippen LogP contribution >= 0.6 is 23.5 Å². The molecule has 2 aliphatic rings. The molecule has 2 rings (SSSR count). The minimum atomic E-state index is -0.890. The Morgan fingerprint density at radius 1 is 1.29 bits per heavy atom. The molecule has 14 heavy (non-hydrogen) atoms. The maximum atomic E-state index is 11.8. The molecule has 2 fully saturated rings. The van der Waals surface area contributed by atoms with Crippen LogP contribution in [0.15, 0.2) is 0 Å². The van der Waals surface area contributed by atoms with Gasteiger partial charge in [-0.3, -0.25) is 4.79 Å². The van der Waals surface area contributed by atoms with Gasteiger partial charge < -0.3 is 10.2 Å². The maximum absolute atomic E-state index is 11.8. The first-order chi connectivity index (χ1) is 6.67. The van der Waals surface area contributed by atoms with E-state index in [1.807, 2.05) is 0 Å². The second-order valence-electron chi connectivity index (χ2n) is 3.69. The highest BCUT2D eigenvalue weighted by molar-refractivity contribution is 8.20. The van der Waals surface area contributed by atoms with Crippen LogP contribution in [0.3, 0.4) is 0 Å². The van der Waals surface area contributed by atoms with Crippen LogP contribution in [0.4, 0.5) is 0 Å². The van der Waals surface area contributed by atoms with Gasteiger partial charge in [0, 0.05) is 6.42 Å². The second kappa shape index (κ2) is 4.04.